The summed E-state index contributed by atoms with van der Waals surface area (Å²) in [6.07, 6.45) is 2.63. The number of ether oxygens (including phenoxy) is 1. The van der Waals surface area contributed by atoms with E-state index in [-0.39, 0.29) is 5.97 Å². The van der Waals surface area contributed by atoms with Gasteiger partial charge in [0.25, 0.3) is 0 Å². The minimum Gasteiger partial charge on any atom is -0.461 e. The van der Waals surface area contributed by atoms with Gasteiger partial charge in [0.2, 0.25) is 0 Å². The van der Waals surface area contributed by atoms with Crippen molar-refractivity contribution in [1.29, 1.82) is 0 Å². The number of pyridine rings is 1. The lowest BCUT2D eigenvalue weighted by atomic mass is 10.2. The van der Waals surface area contributed by atoms with Crippen LogP contribution in [0.3, 0.4) is 0 Å². The number of nitrogens with zero attached hydrogens (tertiary/aromatic N) is 1. The molecule has 0 aliphatic carbocycles. The highest BCUT2D eigenvalue weighted by Gasteiger charge is 2.06. The molecule has 0 aromatic carbocycles. The van der Waals surface area contributed by atoms with Crippen molar-refractivity contribution in [3.05, 3.63) is 29.6 Å². The monoisotopic (exact) mass is 179 g/mol. The van der Waals surface area contributed by atoms with Gasteiger partial charge in [-0.05, 0) is 25.0 Å². The summed E-state index contributed by atoms with van der Waals surface area (Å²) in [5, 5.41) is 0. The molecule has 1 aromatic heterocycles. The Morgan fingerprint density at radius 3 is 2.69 bits per heavy atom. The Morgan fingerprint density at radius 2 is 2.23 bits per heavy atom. The van der Waals surface area contributed by atoms with E-state index in [0.717, 1.165) is 12.0 Å². The quantitative estimate of drug-likeness (QED) is 0.664. The third-order valence-electron chi connectivity index (χ3n) is 1.72. The Kier molecular flexibility index (Phi) is 3.43. The molecule has 0 fully saturated rings. The Balaban J connectivity index is 2.74. The summed E-state index contributed by atoms with van der Waals surface area (Å²) >= 11 is 0. The molecule has 0 aliphatic rings. The number of aromatic nitrogens is 1. The van der Waals surface area contributed by atoms with E-state index >= 15 is 0 Å². The van der Waals surface area contributed by atoms with Crippen LogP contribution in [0, 0.1) is 0 Å². The molecule has 0 N–H and O–H groups in total. The van der Waals surface area contributed by atoms with Gasteiger partial charge in [0.1, 0.15) is 5.69 Å². The minimum absolute atomic E-state index is 0.356. The number of rotatable bonds is 3. The molecular formula is C10H13NO2. The van der Waals surface area contributed by atoms with E-state index in [1.165, 1.54) is 0 Å². The third-order valence-corrected chi connectivity index (χ3v) is 1.72. The largest absolute Gasteiger partial charge is 0.461 e. The lowest BCUT2D eigenvalue weighted by Crippen LogP contribution is -2.06. The maximum absolute atomic E-state index is 11.2. The molecule has 1 aromatic rings. The van der Waals surface area contributed by atoms with Gasteiger partial charge in [0, 0.05) is 6.20 Å². The zero-order chi connectivity index (χ0) is 9.68. The van der Waals surface area contributed by atoms with Gasteiger partial charge < -0.3 is 4.74 Å². The average Bonchev–Trinajstić information content (AvgIpc) is 2.18. The molecule has 0 unspecified atom stereocenters. The van der Waals surface area contributed by atoms with Crippen molar-refractivity contribution in [1.82, 2.24) is 4.98 Å². The SMILES string of the molecule is CCOC(=O)c1ccc(CC)cn1. The van der Waals surface area contributed by atoms with Crippen molar-refractivity contribution < 1.29 is 9.53 Å². The first-order valence-electron chi connectivity index (χ1n) is 4.40. The highest BCUT2D eigenvalue weighted by Crippen LogP contribution is 2.02. The number of hydrogen-bond acceptors (Lipinski definition) is 3. The summed E-state index contributed by atoms with van der Waals surface area (Å²) in [6, 6.07) is 3.58. The number of hydrogen-bond donors (Lipinski definition) is 0. The molecule has 13 heavy (non-hydrogen) atoms. The predicted octanol–water partition coefficient (Wildman–Crippen LogP) is 1.82. The summed E-state index contributed by atoms with van der Waals surface area (Å²) < 4.78 is 4.80. The number of carbonyl (C=O) groups excluding carboxylic acids is 1. The molecule has 0 amide bonds. The van der Waals surface area contributed by atoms with E-state index < -0.39 is 0 Å². The van der Waals surface area contributed by atoms with E-state index in [4.69, 9.17) is 4.74 Å². The average molecular weight is 179 g/mol. The third kappa shape index (κ3) is 2.54. The second-order valence-electron chi connectivity index (χ2n) is 2.63. The van der Waals surface area contributed by atoms with E-state index in [1.807, 2.05) is 13.0 Å². The van der Waals surface area contributed by atoms with Gasteiger partial charge in [-0.25, -0.2) is 9.78 Å². The van der Waals surface area contributed by atoms with Crippen molar-refractivity contribution in [3.8, 4) is 0 Å². The molecule has 1 heterocycles. The van der Waals surface area contributed by atoms with Crippen molar-refractivity contribution in [3.63, 3.8) is 0 Å². The first-order valence-corrected chi connectivity index (χ1v) is 4.40. The number of carbonyl (C=O) groups is 1. The zero-order valence-electron chi connectivity index (χ0n) is 7.91. The summed E-state index contributed by atoms with van der Waals surface area (Å²) in [7, 11) is 0. The summed E-state index contributed by atoms with van der Waals surface area (Å²) in [4.78, 5) is 15.2. The Morgan fingerprint density at radius 1 is 1.46 bits per heavy atom. The fraction of sp³-hybridized carbons (Fsp3) is 0.400. The van der Waals surface area contributed by atoms with E-state index in [9.17, 15) is 4.79 Å². The van der Waals surface area contributed by atoms with Crippen LogP contribution in [0.1, 0.15) is 29.9 Å². The maximum Gasteiger partial charge on any atom is 0.356 e. The fourth-order valence-electron chi connectivity index (χ4n) is 0.959. The zero-order valence-corrected chi connectivity index (χ0v) is 7.91. The van der Waals surface area contributed by atoms with Crippen LogP contribution in [0.2, 0.25) is 0 Å². The molecule has 0 aliphatic heterocycles. The molecular weight excluding hydrogens is 166 g/mol. The molecule has 0 saturated carbocycles. The Bertz CT molecular complexity index is 279. The van der Waals surface area contributed by atoms with Gasteiger partial charge in [-0.2, -0.15) is 0 Å². The lowest BCUT2D eigenvalue weighted by molar-refractivity contribution is 0.0519. The standard InChI is InChI=1S/C10H13NO2/c1-3-8-5-6-9(11-7-8)10(12)13-4-2/h5-7H,3-4H2,1-2H3. The molecule has 1 rings (SSSR count). The molecule has 0 radical (unpaired) electrons. The smallest absolute Gasteiger partial charge is 0.356 e. The highest BCUT2D eigenvalue weighted by atomic mass is 16.5. The number of esters is 1. The molecule has 0 spiro atoms. The van der Waals surface area contributed by atoms with Crippen LogP contribution in [0.4, 0.5) is 0 Å². The fourth-order valence-corrected chi connectivity index (χ4v) is 0.959. The molecule has 0 saturated heterocycles. The first-order chi connectivity index (χ1) is 6.27. The van der Waals surface area contributed by atoms with E-state index in [2.05, 4.69) is 4.98 Å². The van der Waals surface area contributed by atoms with Gasteiger partial charge in [0.15, 0.2) is 0 Å². The number of aryl methyl sites for hydroxylation is 1. The molecule has 3 nitrogen and oxygen atoms in total. The maximum atomic E-state index is 11.2. The lowest BCUT2D eigenvalue weighted by Gasteiger charge is -2.01. The second-order valence-corrected chi connectivity index (χ2v) is 2.63. The van der Waals surface area contributed by atoms with E-state index in [1.54, 1.807) is 19.2 Å². The van der Waals surface area contributed by atoms with Gasteiger partial charge in [-0.15, -0.1) is 0 Å². The van der Waals surface area contributed by atoms with Crippen LogP contribution in [-0.4, -0.2) is 17.6 Å². The normalized spacial score (nSPS) is 9.69. The van der Waals surface area contributed by atoms with Crippen LogP contribution in [0.15, 0.2) is 18.3 Å². The topological polar surface area (TPSA) is 39.2 Å². The van der Waals surface area contributed by atoms with Crippen molar-refractivity contribution in [2.24, 2.45) is 0 Å². The van der Waals surface area contributed by atoms with Crippen LogP contribution in [-0.2, 0) is 11.2 Å². The van der Waals surface area contributed by atoms with Crippen LogP contribution < -0.4 is 0 Å². The van der Waals surface area contributed by atoms with Crippen LogP contribution in [0.25, 0.3) is 0 Å². The van der Waals surface area contributed by atoms with Crippen molar-refractivity contribution >= 4 is 5.97 Å². The van der Waals surface area contributed by atoms with Gasteiger partial charge in [0.05, 0.1) is 6.61 Å². The van der Waals surface area contributed by atoms with Crippen LogP contribution in [0.5, 0.6) is 0 Å². The van der Waals surface area contributed by atoms with Crippen LogP contribution >= 0.6 is 0 Å². The highest BCUT2D eigenvalue weighted by molar-refractivity contribution is 5.87. The Labute approximate surface area is 77.8 Å². The molecule has 3 heteroatoms. The summed E-state index contributed by atoms with van der Waals surface area (Å²) in [5.74, 6) is -0.356. The van der Waals surface area contributed by atoms with E-state index in [0.29, 0.717) is 12.3 Å². The van der Waals surface area contributed by atoms with Crippen molar-refractivity contribution in [2.45, 2.75) is 20.3 Å². The van der Waals surface area contributed by atoms with Gasteiger partial charge in [-0.1, -0.05) is 13.0 Å². The molecule has 0 atom stereocenters. The van der Waals surface area contributed by atoms with Crippen molar-refractivity contribution in [2.75, 3.05) is 6.61 Å². The predicted molar refractivity (Wildman–Crippen MR) is 49.6 cm³/mol. The minimum atomic E-state index is -0.356. The Hall–Kier alpha value is -1.38. The summed E-state index contributed by atoms with van der Waals surface area (Å²) in [6.45, 7) is 4.20. The molecule has 0 bridgehead atoms. The summed E-state index contributed by atoms with van der Waals surface area (Å²) in [5.41, 5.74) is 1.49. The van der Waals surface area contributed by atoms with Gasteiger partial charge >= 0.3 is 5.97 Å². The van der Waals surface area contributed by atoms with Gasteiger partial charge in [-0.3, -0.25) is 0 Å². The second kappa shape index (κ2) is 4.60. The molecule has 70 valence electrons. The first kappa shape index (κ1) is 9.71.